The van der Waals surface area contributed by atoms with Crippen LogP contribution in [0.25, 0.3) is 11.3 Å². The molecule has 1 heterocycles. The van der Waals surface area contributed by atoms with E-state index in [0.717, 1.165) is 0 Å². The molecule has 18 heavy (non-hydrogen) atoms. The van der Waals surface area contributed by atoms with Crippen LogP contribution in [0.2, 0.25) is 0 Å². The Balaban J connectivity index is 2.67. The summed E-state index contributed by atoms with van der Waals surface area (Å²) < 4.78 is 15.1. The monoisotopic (exact) mass is 246 g/mol. The van der Waals surface area contributed by atoms with Gasteiger partial charge in [0, 0.05) is 11.6 Å². The van der Waals surface area contributed by atoms with Crippen molar-refractivity contribution in [2.24, 2.45) is 0 Å². The van der Waals surface area contributed by atoms with Crippen molar-refractivity contribution >= 4 is 5.78 Å². The number of ketones is 1. The predicted molar refractivity (Wildman–Crippen MR) is 68.0 cm³/mol. The van der Waals surface area contributed by atoms with Gasteiger partial charge in [0.25, 0.3) is 0 Å². The van der Waals surface area contributed by atoms with Crippen LogP contribution in [0.5, 0.6) is 0 Å². The van der Waals surface area contributed by atoms with Gasteiger partial charge in [0.15, 0.2) is 5.78 Å². The molecule has 94 valence electrons. The van der Waals surface area contributed by atoms with Crippen molar-refractivity contribution in [2.45, 2.75) is 26.8 Å². The zero-order valence-electron chi connectivity index (χ0n) is 10.6. The van der Waals surface area contributed by atoms with Crippen molar-refractivity contribution in [1.29, 1.82) is 0 Å². The number of rotatable bonds is 3. The average molecular weight is 246 g/mol. The molecule has 0 fully saturated rings. The van der Waals surface area contributed by atoms with Crippen LogP contribution in [0.4, 0.5) is 4.39 Å². The van der Waals surface area contributed by atoms with Crippen LogP contribution in [0.3, 0.4) is 0 Å². The molecule has 0 amide bonds. The summed E-state index contributed by atoms with van der Waals surface area (Å²) in [5.41, 5.74) is 1.87. The molecule has 0 N–H and O–H groups in total. The summed E-state index contributed by atoms with van der Waals surface area (Å²) in [6, 6.07) is 6.32. The van der Waals surface area contributed by atoms with E-state index >= 15 is 0 Å². The van der Waals surface area contributed by atoms with Gasteiger partial charge < -0.3 is 0 Å². The number of nitrogens with zero attached hydrogens (tertiary/aromatic N) is 2. The minimum atomic E-state index is -0.321. The topological polar surface area (TPSA) is 34.9 Å². The molecule has 0 radical (unpaired) electrons. The molecular formula is C14H15FN2O. The van der Waals surface area contributed by atoms with E-state index in [1.807, 2.05) is 13.8 Å². The zero-order valence-corrected chi connectivity index (χ0v) is 10.6. The lowest BCUT2D eigenvalue weighted by molar-refractivity contribution is 0.101. The highest BCUT2D eigenvalue weighted by molar-refractivity contribution is 5.99. The van der Waals surface area contributed by atoms with E-state index in [4.69, 9.17) is 0 Å². The van der Waals surface area contributed by atoms with Gasteiger partial charge in [-0.25, -0.2) is 4.39 Å². The number of Topliss-reactive ketones (excluding diaryl/α,β-unsaturated/α-hetero) is 1. The molecule has 0 unspecified atom stereocenters. The molecule has 2 rings (SSSR count). The molecule has 1 aromatic heterocycles. The van der Waals surface area contributed by atoms with E-state index in [2.05, 4.69) is 5.10 Å². The third-order valence-corrected chi connectivity index (χ3v) is 2.76. The Morgan fingerprint density at radius 3 is 2.67 bits per heavy atom. The second-order valence-electron chi connectivity index (χ2n) is 4.51. The first-order valence-corrected chi connectivity index (χ1v) is 5.85. The van der Waals surface area contributed by atoms with Crippen LogP contribution < -0.4 is 0 Å². The Morgan fingerprint density at radius 2 is 2.11 bits per heavy atom. The molecule has 0 aliphatic carbocycles. The predicted octanol–water partition coefficient (Wildman–Crippen LogP) is 3.47. The molecule has 0 saturated heterocycles. The molecule has 1 aromatic carbocycles. The van der Waals surface area contributed by atoms with Crippen molar-refractivity contribution in [3.05, 3.63) is 41.8 Å². The van der Waals surface area contributed by atoms with Gasteiger partial charge in [0.2, 0.25) is 0 Å². The van der Waals surface area contributed by atoms with E-state index in [0.29, 0.717) is 16.8 Å². The number of carbonyl (C=O) groups is 1. The largest absolute Gasteiger partial charge is 0.294 e. The molecule has 0 saturated carbocycles. The van der Waals surface area contributed by atoms with Gasteiger partial charge >= 0.3 is 0 Å². The van der Waals surface area contributed by atoms with Crippen molar-refractivity contribution < 1.29 is 9.18 Å². The van der Waals surface area contributed by atoms with E-state index in [1.165, 1.54) is 19.1 Å². The molecule has 0 aliphatic heterocycles. The van der Waals surface area contributed by atoms with Crippen LogP contribution in [0.1, 0.15) is 37.2 Å². The van der Waals surface area contributed by atoms with Crippen LogP contribution in [-0.2, 0) is 0 Å². The van der Waals surface area contributed by atoms with Gasteiger partial charge in [-0.3, -0.25) is 9.48 Å². The average Bonchev–Trinajstić information content (AvgIpc) is 2.73. The third kappa shape index (κ3) is 2.18. The Morgan fingerprint density at radius 1 is 1.39 bits per heavy atom. The summed E-state index contributed by atoms with van der Waals surface area (Å²) in [6.07, 6.45) is 1.54. The smallest absolute Gasteiger partial charge is 0.163 e. The maximum atomic E-state index is 13.3. The SMILES string of the molecule is CC(=O)c1cnn(C(C)C)c1-c1cccc(F)c1. The fraction of sp³-hybridized carbons (Fsp3) is 0.286. The first kappa shape index (κ1) is 12.5. The summed E-state index contributed by atoms with van der Waals surface area (Å²) in [6.45, 7) is 5.43. The van der Waals surface area contributed by atoms with Gasteiger partial charge in [-0.05, 0) is 32.9 Å². The summed E-state index contributed by atoms with van der Waals surface area (Å²) >= 11 is 0. The molecule has 0 bridgehead atoms. The highest BCUT2D eigenvalue weighted by atomic mass is 19.1. The van der Waals surface area contributed by atoms with Gasteiger partial charge in [0.1, 0.15) is 5.82 Å². The number of halogens is 1. The van der Waals surface area contributed by atoms with E-state index in [1.54, 1.807) is 23.0 Å². The Labute approximate surface area is 105 Å². The Kier molecular flexibility index (Phi) is 3.28. The van der Waals surface area contributed by atoms with Gasteiger partial charge in [-0.2, -0.15) is 5.10 Å². The number of hydrogen-bond acceptors (Lipinski definition) is 2. The normalized spacial score (nSPS) is 10.9. The highest BCUT2D eigenvalue weighted by Crippen LogP contribution is 2.27. The molecule has 0 atom stereocenters. The lowest BCUT2D eigenvalue weighted by atomic mass is 10.1. The lowest BCUT2D eigenvalue weighted by Crippen LogP contribution is -2.06. The number of hydrogen-bond donors (Lipinski definition) is 0. The first-order chi connectivity index (χ1) is 8.50. The van der Waals surface area contributed by atoms with Gasteiger partial charge in [-0.15, -0.1) is 0 Å². The summed E-state index contributed by atoms with van der Waals surface area (Å²) in [4.78, 5) is 11.6. The maximum Gasteiger partial charge on any atom is 0.163 e. The van der Waals surface area contributed by atoms with Crippen molar-refractivity contribution in [3.63, 3.8) is 0 Å². The number of aromatic nitrogens is 2. The molecule has 3 nitrogen and oxygen atoms in total. The minimum Gasteiger partial charge on any atom is -0.294 e. The Bertz CT molecular complexity index is 587. The van der Waals surface area contributed by atoms with Crippen LogP contribution in [0, 0.1) is 5.82 Å². The third-order valence-electron chi connectivity index (χ3n) is 2.76. The zero-order chi connectivity index (χ0) is 13.3. The van der Waals surface area contributed by atoms with E-state index in [9.17, 15) is 9.18 Å². The quantitative estimate of drug-likeness (QED) is 0.777. The standard InChI is InChI=1S/C14H15FN2O/c1-9(2)17-14(13(8-16-17)10(3)18)11-5-4-6-12(15)7-11/h4-9H,1-3H3. The summed E-state index contributed by atoms with van der Waals surface area (Å²) in [7, 11) is 0. The minimum absolute atomic E-state index is 0.0684. The van der Waals surface area contributed by atoms with Crippen LogP contribution >= 0.6 is 0 Å². The van der Waals surface area contributed by atoms with Crippen molar-refractivity contribution in [2.75, 3.05) is 0 Å². The second-order valence-corrected chi connectivity index (χ2v) is 4.51. The number of carbonyl (C=O) groups excluding carboxylic acids is 1. The molecular weight excluding hydrogens is 231 g/mol. The maximum absolute atomic E-state index is 13.3. The molecule has 4 heteroatoms. The molecule has 2 aromatic rings. The summed E-state index contributed by atoms with van der Waals surface area (Å²) in [5, 5.41) is 4.22. The van der Waals surface area contributed by atoms with Crippen LogP contribution in [0.15, 0.2) is 30.5 Å². The van der Waals surface area contributed by atoms with E-state index < -0.39 is 0 Å². The lowest BCUT2D eigenvalue weighted by Gasteiger charge is -2.12. The van der Waals surface area contributed by atoms with Gasteiger partial charge in [0.05, 0.1) is 17.5 Å². The Hall–Kier alpha value is -1.97. The van der Waals surface area contributed by atoms with Crippen molar-refractivity contribution in [1.82, 2.24) is 9.78 Å². The molecule has 0 spiro atoms. The van der Waals surface area contributed by atoms with Crippen molar-refractivity contribution in [3.8, 4) is 11.3 Å². The fourth-order valence-corrected chi connectivity index (χ4v) is 1.93. The summed E-state index contributed by atoms with van der Waals surface area (Å²) in [5.74, 6) is -0.389. The first-order valence-electron chi connectivity index (χ1n) is 5.85. The van der Waals surface area contributed by atoms with E-state index in [-0.39, 0.29) is 17.6 Å². The highest BCUT2D eigenvalue weighted by Gasteiger charge is 2.18. The molecule has 0 aliphatic rings. The number of benzene rings is 1. The fourth-order valence-electron chi connectivity index (χ4n) is 1.93. The second kappa shape index (κ2) is 4.72. The van der Waals surface area contributed by atoms with Gasteiger partial charge in [-0.1, -0.05) is 12.1 Å². The van der Waals surface area contributed by atoms with Crippen LogP contribution in [-0.4, -0.2) is 15.6 Å².